The second kappa shape index (κ2) is 7.22. The van der Waals surface area contributed by atoms with Crippen molar-refractivity contribution in [2.75, 3.05) is 5.75 Å². The van der Waals surface area contributed by atoms with E-state index in [1.165, 1.54) is 0 Å². The minimum Gasteiger partial charge on any atom is -0.349 e. The molecule has 0 saturated carbocycles. The van der Waals surface area contributed by atoms with Crippen LogP contribution in [0.15, 0.2) is 53.4 Å². The molecule has 0 aliphatic rings. The van der Waals surface area contributed by atoms with Gasteiger partial charge in [-0.1, -0.05) is 30.3 Å². The van der Waals surface area contributed by atoms with Crippen LogP contribution >= 0.6 is 11.8 Å². The van der Waals surface area contributed by atoms with E-state index < -0.39 is 11.6 Å². The zero-order chi connectivity index (χ0) is 15.2. The maximum atomic E-state index is 13.4. The highest BCUT2D eigenvalue weighted by molar-refractivity contribution is 8.00. The molecule has 2 nitrogen and oxygen atoms in total. The molecule has 5 heteroatoms. The zero-order valence-corrected chi connectivity index (χ0v) is 12.3. The third-order valence-corrected chi connectivity index (χ3v) is 3.96. The van der Waals surface area contributed by atoms with Gasteiger partial charge in [0.15, 0.2) is 0 Å². The number of thioether (sulfide) groups is 1. The highest BCUT2D eigenvalue weighted by atomic mass is 32.2. The second-order valence-electron chi connectivity index (χ2n) is 4.56. The summed E-state index contributed by atoms with van der Waals surface area (Å²) in [6.07, 6.45) is 0. The summed E-state index contributed by atoms with van der Waals surface area (Å²) in [5.41, 5.74) is 0.993. The molecule has 0 unspecified atom stereocenters. The van der Waals surface area contributed by atoms with E-state index in [1.54, 1.807) is 0 Å². The summed E-state index contributed by atoms with van der Waals surface area (Å²) in [6, 6.07) is 12.6. The van der Waals surface area contributed by atoms with Crippen molar-refractivity contribution >= 4 is 17.7 Å². The van der Waals surface area contributed by atoms with Gasteiger partial charge in [-0.05, 0) is 30.7 Å². The summed E-state index contributed by atoms with van der Waals surface area (Å²) in [5.74, 6) is -1.22. The smallest absolute Gasteiger partial charge is 0.230 e. The molecular weight excluding hydrogens is 292 g/mol. The van der Waals surface area contributed by atoms with Crippen molar-refractivity contribution in [3.63, 3.8) is 0 Å². The summed E-state index contributed by atoms with van der Waals surface area (Å²) in [7, 11) is 0. The largest absolute Gasteiger partial charge is 0.349 e. The minimum atomic E-state index is -0.523. The van der Waals surface area contributed by atoms with Gasteiger partial charge in [-0.15, -0.1) is 11.8 Å². The molecule has 21 heavy (non-hydrogen) atoms. The summed E-state index contributed by atoms with van der Waals surface area (Å²) < 4.78 is 26.5. The minimum absolute atomic E-state index is 0.0392. The average Bonchev–Trinajstić information content (AvgIpc) is 2.49. The number of hydrogen-bond acceptors (Lipinski definition) is 2. The lowest BCUT2D eigenvalue weighted by molar-refractivity contribution is -0.119. The van der Waals surface area contributed by atoms with E-state index in [4.69, 9.17) is 0 Å². The predicted molar refractivity (Wildman–Crippen MR) is 80.1 cm³/mol. The Hall–Kier alpha value is -1.88. The first-order valence-corrected chi connectivity index (χ1v) is 7.47. The fourth-order valence-corrected chi connectivity index (χ4v) is 2.61. The molecule has 1 N–H and O–H groups in total. The summed E-state index contributed by atoms with van der Waals surface area (Å²) in [5, 5.41) is 2.82. The van der Waals surface area contributed by atoms with E-state index in [9.17, 15) is 13.6 Å². The number of rotatable bonds is 5. The summed E-state index contributed by atoms with van der Waals surface area (Å²) in [6.45, 7) is 1.88. The van der Waals surface area contributed by atoms with E-state index in [0.29, 0.717) is 0 Å². The molecule has 2 rings (SSSR count). The molecule has 0 aromatic heterocycles. The first-order valence-electron chi connectivity index (χ1n) is 6.48. The van der Waals surface area contributed by atoms with Crippen molar-refractivity contribution < 1.29 is 13.6 Å². The van der Waals surface area contributed by atoms with Crippen LogP contribution in [0.2, 0.25) is 0 Å². The molecule has 1 amide bonds. The number of nitrogens with one attached hydrogen (secondary N) is 1. The molecule has 0 heterocycles. The van der Waals surface area contributed by atoms with E-state index >= 15 is 0 Å². The Morgan fingerprint density at radius 2 is 1.90 bits per heavy atom. The monoisotopic (exact) mass is 307 g/mol. The molecule has 0 fully saturated rings. The number of hydrogen-bond donors (Lipinski definition) is 1. The van der Waals surface area contributed by atoms with Crippen LogP contribution in [0.4, 0.5) is 8.78 Å². The van der Waals surface area contributed by atoms with E-state index in [0.717, 1.165) is 35.5 Å². The van der Waals surface area contributed by atoms with Crippen molar-refractivity contribution in [3.8, 4) is 0 Å². The van der Waals surface area contributed by atoms with Crippen LogP contribution in [0.1, 0.15) is 18.5 Å². The van der Waals surface area contributed by atoms with Crippen LogP contribution in [-0.4, -0.2) is 11.7 Å². The van der Waals surface area contributed by atoms with Crippen LogP contribution in [-0.2, 0) is 4.79 Å². The lowest BCUT2D eigenvalue weighted by atomic mass is 10.1. The summed E-state index contributed by atoms with van der Waals surface area (Å²) >= 11 is 0.979. The van der Waals surface area contributed by atoms with E-state index in [2.05, 4.69) is 5.32 Å². The van der Waals surface area contributed by atoms with Gasteiger partial charge in [-0.3, -0.25) is 4.79 Å². The standard InChI is InChI=1S/C16H15F2NOS/c1-11(12-5-3-2-4-6-12)19-16(20)10-21-15-9-13(17)7-8-14(15)18/h2-9,11H,10H2,1H3,(H,19,20)/t11-/m1/s1. The molecule has 0 aliphatic carbocycles. The van der Waals surface area contributed by atoms with Crippen LogP contribution in [0.25, 0.3) is 0 Å². The van der Waals surface area contributed by atoms with Crippen molar-refractivity contribution in [2.24, 2.45) is 0 Å². The van der Waals surface area contributed by atoms with Gasteiger partial charge in [-0.2, -0.15) is 0 Å². The maximum absolute atomic E-state index is 13.4. The predicted octanol–water partition coefficient (Wildman–Crippen LogP) is 3.93. The SMILES string of the molecule is C[C@@H](NC(=O)CSc1cc(F)ccc1F)c1ccccc1. The van der Waals surface area contributed by atoms with Gasteiger partial charge in [0.05, 0.1) is 11.8 Å². The van der Waals surface area contributed by atoms with Gasteiger partial charge in [0.2, 0.25) is 5.91 Å². The Labute approximate surface area is 126 Å². The average molecular weight is 307 g/mol. The fourth-order valence-electron chi connectivity index (χ4n) is 1.84. The second-order valence-corrected chi connectivity index (χ2v) is 5.58. The van der Waals surface area contributed by atoms with Crippen LogP contribution in [0.5, 0.6) is 0 Å². The number of carbonyl (C=O) groups is 1. The quantitative estimate of drug-likeness (QED) is 0.848. The number of amides is 1. The van der Waals surface area contributed by atoms with Gasteiger partial charge in [0.25, 0.3) is 0 Å². The van der Waals surface area contributed by atoms with Gasteiger partial charge in [0, 0.05) is 4.90 Å². The van der Waals surface area contributed by atoms with Gasteiger partial charge < -0.3 is 5.32 Å². The number of carbonyl (C=O) groups excluding carboxylic acids is 1. The third kappa shape index (κ3) is 4.56. The molecule has 2 aromatic rings. The highest BCUT2D eigenvalue weighted by Crippen LogP contribution is 2.22. The van der Waals surface area contributed by atoms with Crippen molar-refractivity contribution in [1.29, 1.82) is 0 Å². The van der Waals surface area contributed by atoms with E-state index in [-0.39, 0.29) is 22.6 Å². The van der Waals surface area contributed by atoms with Crippen molar-refractivity contribution in [3.05, 3.63) is 65.7 Å². The molecular formula is C16H15F2NOS. The molecule has 0 bridgehead atoms. The normalized spacial score (nSPS) is 12.0. The third-order valence-electron chi connectivity index (χ3n) is 2.93. The van der Waals surface area contributed by atoms with Crippen molar-refractivity contribution in [1.82, 2.24) is 5.32 Å². The number of benzene rings is 2. The van der Waals surface area contributed by atoms with Gasteiger partial charge >= 0.3 is 0 Å². The molecule has 1 atom stereocenters. The fraction of sp³-hybridized carbons (Fsp3) is 0.188. The van der Waals surface area contributed by atoms with Gasteiger partial charge in [0.1, 0.15) is 11.6 Å². The first kappa shape index (κ1) is 15.5. The molecule has 0 radical (unpaired) electrons. The van der Waals surface area contributed by atoms with Crippen LogP contribution in [0, 0.1) is 11.6 Å². The first-order chi connectivity index (χ1) is 10.1. The highest BCUT2D eigenvalue weighted by Gasteiger charge is 2.11. The topological polar surface area (TPSA) is 29.1 Å². The molecule has 0 saturated heterocycles. The lowest BCUT2D eigenvalue weighted by Crippen LogP contribution is -2.28. The molecule has 0 spiro atoms. The Morgan fingerprint density at radius 1 is 1.19 bits per heavy atom. The Balaban J connectivity index is 1.89. The van der Waals surface area contributed by atoms with E-state index in [1.807, 2.05) is 37.3 Å². The molecule has 0 aliphatic heterocycles. The Kier molecular flexibility index (Phi) is 5.33. The lowest BCUT2D eigenvalue weighted by Gasteiger charge is -2.14. The van der Waals surface area contributed by atoms with Crippen LogP contribution in [0.3, 0.4) is 0 Å². The maximum Gasteiger partial charge on any atom is 0.230 e. The zero-order valence-electron chi connectivity index (χ0n) is 11.5. The van der Waals surface area contributed by atoms with Crippen LogP contribution < -0.4 is 5.32 Å². The van der Waals surface area contributed by atoms with Crippen molar-refractivity contribution in [2.45, 2.75) is 17.9 Å². The Morgan fingerprint density at radius 3 is 2.62 bits per heavy atom. The Bertz CT molecular complexity index is 619. The molecule has 110 valence electrons. The number of halogens is 2. The van der Waals surface area contributed by atoms with Gasteiger partial charge in [-0.25, -0.2) is 8.78 Å². The molecule has 2 aromatic carbocycles. The summed E-state index contributed by atoms with van der Waals surface area (Å²) in [4.78, 5) is 12.0.